The summed E-state index contributed by atoms with van der Waals surface area (Å²) in [7, 11) is -3.58. The van der Waals surface area contributed by atoms with Crippen LogP contribution in [0.5, 0.6) is 5.75 Å². The number of esters is 1. The molecule has 2 rings (SSSR count). The second-order valence-corrected chi connectivity index (χ2v) is 11.0. The Morgan fingerprint density at radius 3 is 2.16 bits per heavy atom. The molecule has 0 spiro atoms. The Labute approximate surface area is 184 Å². The molecule has 0 atom stereocenters. The fraction of sp³-hybridized carbons (Fsp3) is 0.417. The molecule has 168 valence electrons. The summed E-state index contributed by atoms with van der Waals surface area (Å²) in [4.78, 5) is 22.9. The molecule has 31 heavy (non-hydrogen) atoms. The molecule has 0 aliphatic carbocycles. The van der Waals surface area contributed by atoms with Crippen LogP contribution in [0.25, 0.3) is 11.1 Å². The highest BCUT2D eigenvalue weighted by Gasteiger charge is 2.20. The van der Waals surface area contributed by atoms with Gasteiger partial charge in [0.15, 0.2) is 9.84 Å². The average Bonchev–Trinajstić information content (AvgIpc) is 2.67. The highest BCUT2D eigenvalue weighted by molar-refractivity contribution is 7.91. The Kier molecular flexibility index (Phi) is 7.65. The van der Waals surface area contributed by atoms with Crippen molar-refractivity contribution in [3.8, 4) is 16.9 Å². The van der Waals surface area contributed by atoms with Crippen LogP contribution in [0, 0.1) is 5.92 Å². The van der Waals surface area contributed by atoms with Crippen LogP contribution in [0.2, 0.25) is 0 Å². The number of benzene rings is 2. The number of carboxylic acids is 1. The van der Waals surface area contributed by atoms with E-state index in [0.717, 1.165) is 11.1 Å². The maximum absolute atomic E-state index is 12.5. The van der Waals surface area contributed by atoms with Crippen molar-refractivity contribution in [2.75, 3.05) is 5.75 Å². The van der Waals surface area contributed by atoms with Gasteiger partial charge in [-0.05, 0) is 47.2 Å². The molecule has 0 bridgehead atoms. The monoisotopic (exact) mass is 446 g/mol. The SMILES string of the molecule is CC(C)C(=O)Oc1ccc(C(C)(C)C)cc1-c1ccc(S(=O)(=O)CCCC(=O)O)cc1. The topological polar surface area (TPSA) is 97.7 Å². The third kappa shape index (κ3) is 6.66. The fourth-order valence-corrected chi connectivity index (χ4v) is 4.22. The molecule has 0 radical (unpaired) electrons. The molecule has 0 saturated carbocycles. The minimum Gasteiger partial charge on any atom is -0.481 e. The number of aliphatic carboxylic acids is 1. The van der Waals surface area contributed by atoms with Crippen molar-refractivity contribution in [1.82, 2.24) is 0 Å². The normalized spacial score (nSPS) is 12.1. The average molecular weight is 447 g/mol. The van der Waals surface area contributed by atoms with Gasteiger partial charge in [0.2, 0.25) is 0 Å². The molecule has 0 unspecified atom stereocenters. The van der Waals surface area contributed by atoms with Gasteiger partial charge in [0, 0.05) is 12.0 Å². The van der Waals surface area contributed by atoms with Crippen molar-refractivity contribution in [2.45, 2.75) is 57.8 Å². The van der Waals surface area contributed by atoms with E-state index in [1.54, 1.807) is 32.0 Å². The second kappa shape index (κ2) is 9.64. The van der Waals surface area contributed by atoms with Gasteiger partial charge < -0.3 is 9.84 Å². The number of hydrogen-bond donors (Lipinski definition) is 1. The molecule has 1 N–H and O–H groups in total. The second-order valence-electron chi connectivity index (χ2n) is 8.88. The first kappa shape index (κ1) is 24.6. The summed E-state index contributed by atoms with van der Waals surface area (Å²) in [6, 6.07) is 12.0. The number of carbonyl (C=O) groups is 2. The minimum absolute atomic E-state index is 0.0579. The van der Waals surface area contributed by atoms with Crippen LogP contribution in [0.3, 0.4) is 0 Å². The minimum atomic E-state index is -3.58. The zero-order valence-electron chi connectivity index (χ0n) is 18.6. The van der Waals surface area contributed by atoms with Crippen molar-refractivity contribution >= 4 is 21.8 Å². The number of rotatable bonds is 8. The van der Waals surface area contributed by atoms with Crippen LogP contribution >= 0.6 is 0 Å². The van der Waals surface area contributed by atoms with Crippen LogP contribution in [0.4, 0.5) is 0 Å². The standard InChI is InChI=1S/C24H30O6S/c1-16(2)23(27)30-21-13-10-18(24(3,4)5)15-20(21)17-8-11-19(12-9-17)31(28,29)14-6-7-22(25)26/h8-13,15-16H,6-7,14H2,1-5H3,(H,25,26). The van der Waals surface area contributed by atoms with Crippen LogP contribution in [0.15, 0.2) is 47.4 Å². The molecule has 0 aromatic heterocycles. The van der Waals surface area contributed by atoms with Gasteiger partial charge in [-0.15, -0.1) is 0 Å². The largest absolute Gasteiger partial charge is 0.481 e. The lowest BCUT2D eigenvalue weighted by atomic mass is 9.85. The molecule has 0 heterocycles. The number of carboxylic acid groups (broad SMARTS) is 1. The van der Waals surface area contributed by atoms with E-state index in [1.165, 1.54) is 12.1 Å². The van der Waals surface area contributed by atoms with E-state index < -0.39 is 15.8 Å². The maximum Gasteiger partial charge on any atom is 0.313 e. The highest BCUT2D eigenvalue weighted by Crippen LogP contribution is 2.35. The first-order valence-corrected chi connectivity index (χ1v) is 11.9. The summed E-state index contributed by atoms with van der Waals surface area (Å²) in [5.41, 5.74) is 2.36. The number of carbonyl (C=O) groups excluding carboxylic acids is 1. The quantitative estimate of drug-likeness (QED) is 0.460. The lowest BCUT2D eigenvalue weighted by Gasteiger charge is -2.21. The Balaban J connectivity index is 2.41. The molecule has 2 aromatic rings. The van der Waals surface area contributed by atoms with Gasteiger partial charge in [-0.1, -0.05) is 52.8 Å². The molecule has 0 saturated heterocycles. The van der Waals surface area contributed by atoms with Gasteiger partial charge in [0.05, 0.1) is 16.6 Å². The zero-order chi connectivity index (χ0) is 23.4. The van der Waals surface area contributed by atoms with E-state index >= 15 is 0 Å². The predicted molar refractivity (Wildman–Crippen MR) is 120 cm³/mol. The summed E-state index contributed by atoms with van der Waals surface area (Å²) >= 11 is 0. The molecule has 7 heteroatoms. The van der Waals surface area contributed by atoms with Crippen molar-refractivity contribution in [1.29, 1.82) is 0 Å². The van der Waals surface area contributed by atoms with E-state index in [4.69, 9.17) is 9.84 Å². The van der Waals surface area contributed by atoms with Crippen LogP contribution in [0.1, 0.15) is 53.0 Å². The Morgan fingerprint density at radius 1 is 1.03 bits per heavy atom. The Bertz CT molecular complexity index is 1040. The van der Waals surface area contributed by atoms with Crippen molar-refractivity contribution in [2.24, 2.45) is 5.92 Å². The smallest absolute Gasteiger partial charge is 0.313 e. The van der Waals surface area contributed by atoms with Crippen molar-refractivity contribution in [3.63, 3.8) is 0 Å². The zero-order valence-corrected chi connectivity index (χ0v) is 19.5. The van der Waals surface area contributed by atoms with Crippen LogP contribution < -0.4 is 4.74 Å². The maximum atomic E-state index is 12.5. The van der Waals surface area contributed by atoms with Crippen molar-refractivity contribution < 1.29 is 27.9 Å². The Morgan fingerprint density at radius 2 is 1.65 bits per heavy atom. The highest BCUT2D eigenvalue weighted by atomic mass is 32.2. The summed E-state index contributed by atoms with van der Waals surface area (Å²) < 4.78 is 30.5. The summed E-state index contributed by atoms with van der Waals surface area (Å²) in [6.07, 6.45) is -0.135. The van der Waals surface area contributed by atoms with E-state index in [-0.39, 0.29) is 40.8 Å². The molecular weight excluding hydrogens is 416 g/mol. The van der Waals surface area contributed by atoms with E-state index in [1.807, 2.05) is 12.1 Å². The van der Waals surface area contributed by atoms with Gasteiger partial charge in [0.25, 0.3) is 0 Å². The number of ether oxygens (including phenoxy) is 1. The first-order valence-electron chi connectivity index (χ1n) is 10.2. The third-order valence-electron chi connectivity index (χ3n) is 4.86. The van der Waals surface area contributed by atoms with Gasteiger partial charge in [-0.3, -0.25) is 9.59 Å². The molecule has 2 aromatic carbocycles. The Hall–Kier alpha value is -2.67. The predicted octanol–water partition coefficient (Wildman–Crippen LogP) is 4.85. The van der Waals surface area contributed by atoms with E-state index in [2.05, 4.69) is 20.8 Å². The van der Waals surface area contributed by atoms with Gasteiger partial charge in [0.1, 0.15) is 5.75 Å². The first-order chi connectivity index (χ1) is 14.3. The molecular formula is C24H30O6S. The molecule has 0 aliphatic heterocycles. The lowest BCUT2D eigenvalue weighted by Crippen LogP contribution is -2.16. The summed E-state index contributed by atoms with van der Waals surface area (Å²) in [5, 5.41) is 8.71. The third-order valence-corrected chi connectivity index (χ3v) is 6.67. The van der Waals surface area contributed by atoms with Crippen molar-refractivity contribution in [3.05, 3.63) is 48.0 Å². The van der Waals surface area contributed by atoms with Gasteiger partial charge in [-0.2, -0.15) is 0 Å². The molecule has 0 fully saturated rings. The van der Waals surface area contributed by atoms with Gasteiger partial charge >= 0.3 is 11.9 Å². The molecule has 0 amide bonds. The molecule has 0 aliphatic rings. The van der Waals surface area contributed by atoms with Crippen LogP contribution in [-0.4, -0.2) is 31.2 Å². The number of sulfone groups is 1. The molecule has 6 nitrogen and oxygen atoms in total. The lowest BCUT2D eigenvalue weighted by molar-refractivity contribution is -0.138. The summed E-state index contributed by atoms with van der Waals surface area (Å²) in [6.45, 7) is 9.77. The van der Waals surface area contributed by atoms with Gasteiger partial charge in [-0.25, -0.2) is 8.42 Å². The number of hydrogen-bond acceptors (Lipinski definition) is 5. The summed E-state index contributed by atoms with van der Waals surface area (Å²) in [5.74, 6) is -1.46. The fourth-order valence-electron chi connectivity index (χ4n) is 2.91. The van der Waals surface area contributed by atoms with E-state index in [9.17, 15) is 18.0 Å². The van der Waals surface area contributed by atoms with E-state index in [0.29, 0.717) is 11.3 Å². The van der Waals surface area contributed by atoms with Crippen LogP contribution in [-0.2, 0) is 24.8 Å².